The van der Waals surface area contributed by atoms with E-state index >= 15 is 0 Å². The number of hydrogen-bond donors (Lipinski definition) is 2. The Labute approximate surface area is 198 Å². The van der Waals surface area contributed by atoms with Crippen LogP contribution in [0.1, 0.15) is 51.1 Å². The summed E-state index contributed by atoms with van der Waals surface area (Å²) in [6, 6.07) is 4.12. The first-order valence-electron chi connectivity index (χ1n) is 11.7. The van der Waals surface area contributed by atoms with Gasteiger partial charge in [0.2, 0.25) is 0 Å². The van der Waals surface area contributed by atoms with E-state index in [0.29, 0.717) is 23.8 Å². The molecule has 3 aromatic rings. The minimum atomic E-state index is -0.329. The Hall–Kier alpha value is -3.63. The largest absolute Gasteiger partial charge is 0.480 e. The fourth-order valence-corrected chi connectivity index (χ4v) is 4.89. The highest BCUT2D eigenvalue weighted by molar-refractivity contribution is 5.75. The van der Waals surface area contributed by atoms with Gasteiger partial charge in [-0.1, -0.05) is 5.21 Å². The first kappa shape index (κ1) is 22.2. The van der Waals surface area contributed by atoms with Crippen LogP contribution in [0.3, 0.4) is 0 Å². The van der Waals surface area contributed by atoms with Gasteiger partial charge in [0.05, 0.1) is 11.9 Å². The summed E-state index contributed by atoms with van der Waals surface area (Å²) in [7, 11) is 1.81. The van der Waals surface area contributed by atoms with Crippen LogP contribution >= 0.6 is 0 Å². The molecule has 2 atom stereocenters. The number of aryl methyl sites for hydroxylation is 2. The normalized spacial score (nSPS) is 20.2. The second-order valence-electron chi connectivity index (χ2n) is 9.63. The van der Waals surface area contributed by atoms with Crippen LogP contribution in [-0.2, 0) is 19.0 Å². The molecule has 1 saturated heterocycles. The lowest BCUT2D eigenvalue weighted by atomic mass is 9.82. The number of rotatable bonds is 5. The van der Waals surface area contributed by atoms with Crippen LogP contribution in [0.15, 0.2) is 24.5 Å². The van der Waals surface area contributed by atoms with Gasteiger partial charge in [-0.3, -0.25) is 9.36 Å². The number of hydrogen-bond acceptors (Lipinski definition) is 7. The number of fused-ring (bicyclic) bond motifs is 2. The molecule has 0 bridgehead atoms. The van der Waals surface area contributed by atoms with Gasteiger partial charge in [0, 0.05) is 55.6 Å². The van der Waals surface area contributed by atoms with Gasteiger partial charge in [0.1, 0.15) is 11.8 Å². The maximum absolute atomic E-state index is 12.5. The Morgan fingerprint density at radius 3 is 2.76 bits per heavy atom. The third kappa shape index (κ3) is 3.95. The first-order chi connectivity index (χ1) is 16.2. The number of nitrogens with zero attached hydrogens (tertiary/aromatic N) is 7. The number of amides is 2. The summed E-state index contributed by atoms with van der Waals surface area (Å²) in [5, 5.41) is 15.9. The lowest BCUT2D eigenvalue weighted by Crippen LogP contribution is -2.43. The predicted octanol–water partition coefficient (Wildman–Crippen LogP) is 2.26. The Balaban J connectivity index is 1.37. The average molecular weight is 466 g/mol. The molecule has 0 aliphatic carbocycles. The molecule has 5 heterocycles. The lowest BCUT2D eigenvalue weighted by Gasteiger charge is -2.24. The van der Waals surface area contributed by atoms with Crippen LogP contribution in [0.2, 0.25) is 0 Å². The van der Waals surface area contributed by atoms with Gasteiger partial charge < -0.3 is 20.7 Å². The Bertz CT molecular complexity index is 1220. The van der Waals surface area contributed by atoms with Crippen molar-refractivity contribution in [2.24, 2.45) is 7.05 Å². The van der Waals surface area contributed by atoms with E-state index < -0.39 is 0 Å². The maximum Gasteiger partial charge on any atom is 0.317 e. The molecule has 1 fully saturated rings. The Kier molecular flexibility index (Phi) is 5.41. The van der Waals surface area contributed by atoms with Gasteiger partial charge in [-0.2, -0.15) is 5.10 Å². The highest BCUT2D eigenvalue weighted by Crippen LogP contribution is 2.44. The van der Waals surface area contributed by atoms with E-state index in [-0.39, 0.29) is 23.6 Å². The maximum atomic E-state index is 12.5. The number of aromatic nitrogens is 6. The highest BCUT2D eigenvalue weighted by atomic mass is 16.5. The van der Waals surface area contributed by atoms with E-state index in [0.717, 1.165) is 37.2 Å². The number of urea groups is 1. The molecule has 0 aromatic carbocycles. The Morgan fingerprint density at radius 1 is 1.24 bits per heavy atom. The first-order valence-corrected chi connectivity index (χ1v) is 11.7. The number of nitrogens with one attached hydrogen (secondary N) is 1. The molecule has 1 spiro atoms. The van der Waals surface area contributed by atoms with Gasteiger partial charge in [0.15, 0.2) is 11.6 Å². The fraction of sp³-hybridized carbons (Fsp3) is 0.522. The molecule has 5 rings (SSSR count). The van der Waals surface area contributed by atoms with Gasteiger partial charge in [-0.15, -0.1) is 5.10 Å². The third-order valence-corrected chi connectivity index (χ3v) is 6.70. The number of ether oxygens (including phenoxy) is 1. The summed E-state index contributed by atoms with van der Waals surface area (Å²) in [5.74, 6) is 0.793. The molecular weight excluding hydrogens is 434 g/mol. The van der Waals surface area contributed by atoms with Gasteiger partial charge in [0.25, 0.3) is 0 Å². The molecule has 3 aromatic heterocycles. The zero-order valence-corrected chi connectivity index (χ0v) is 20.0. The molecule has 34 heavy (non-hydrogen) atoms. The van der Waals surface area contributed by atoms with Crippen molar-refractivity contribution in [3.8, 4) is 17.0 Å². The summed E-state index contributed by atoms with van der Waals surface area (Å²) < 4.78 is 9.76. The summed E-state index contributed by atoms with van der Waals surface area (Å²) in [5.41, 5.74) is 9.58. The summed E-state index contributed by atoms with van der Waals surface area (Å²) in [6.45, 7) is 8.15. The number of nitrogens with two attached hydrogens (primary N) is 1. The predicted molar refractivity (Wildman–Crippen MR) is 126 cm³/mol. The minimum Gasteiger partial charge on any atom is -0.480 e. The van der Waals surface area contributed by atoms with Crippen LogP contribution < -0.4 is 15.8 Å². The van der Waals surface area contributed by atoms with Gasteiger partial charge in [-0.05, 0) is 45.7 Å². The summed E-state index contributed by atoms with van der Waals surface area (Å²) >= 11 is 0. The van der Waals surface area contributed by atoms with E-state index in [1.54, 1.807) is 10.9 Å². The SMILES string of the molecule is CC(C)NC(=O)N1CC[C@@]2(CCn3nc(-c4cnc(N)c(OC(C)c5cn(C)nn5)c4)cc32)C1. The summed E-state index contributed by atoms with van der Waals surface area (Å²) in [4.78, 5) is 18.8. The molecule has 11 nitrogen and oxygen atoms in total. The average Bonchev–Trinajstić information content (AvgIpc) is 3.55. The van der Waals surface area contributed by atoms with Crippen molar-refractivity contribution in [1.29, 1.82) is 0 Å². The standard InChI is InChI=1S/C23H31N9O2/c1-14(2)26-22(33)31-7-5-23(13-31)6-8-32-20(23)10-17(28-32)16-9-19(21(24)25-11-16)34-15(3)18-12-30(4)29-27-18/h9-12,14-15H,5-8,13H2,1-4H3,(H2,24,25)(H,26,33)/t15?,23-/m1/s1. The van der Waals surface area contributed by atoms with E-state index in [2.05, 4.69) is 31.4 Å². The van der Waals surface area contributed by atoms with Crippen LogP contribution in [0.5, 0.6) is 5.75 Å². The van der Waals surface area contributed by atoms with E-state index in [4.69, 9.17) is 15.6 Å². The van der Waals surface area contributed by atoms with Crippen molar-refractivity contribution < 1.29 is 9.53 Å². The molecule has 3 N–H and O–H groups in total. The molecule has 0 saturated carbocycles. The van der Waals surface area contributed by atoms with Gasteiger partial charge in [-0.25, -0.2) is 9.78 Å². The fourth-order valence-electron chi connectivity index (χ4n) is 4.89. The van der Waals surface area contributed by atoms with Crippen molar-refractivity contribution >= 4 is 11.8 Å². The number of nitrogen functional groups attached to an aromatic ring is 1. The van der Waals surface area contributed by atoms with Crippen molar-refractivity contribution in [3.63, 3.8) is 0 Å². The molecule has 180 valence electrons. The van der Waals surface area contributed by atoms with E-state index in [9.17, 15) is 4.79 Å². The molecule has 2 amide bonds. The monoisotopic (exact) mass is 465 g/mol. The van der Waals surface area contributed by atoms with Crippen molar-refractivity contribution in [1.82, 2.24) is 40.0 Å². The number of pyridine rings is 1. The molecular formula is C23H31N9O2. The number of anilines is 1. The second kappa shape index (κ2) is 8.30. The van der Waals surface area contributed by atoms with E-state index in [1.165, 1.54) is 5.69 Å². The zero-order chi connectivity index (χ0) is 24.0. The number of carbonyl (C=O) groups is 1. The molecule has 1 unspecified atom stereocenters. The molecule has 11 heteroatoms. The molecule has 2 aliphatic rings. The quantitative estimate of drug-likeness (QED) is 0.591. The highest BCUT2D eigenvalue weighted by Gasteiger charge is 2.47. The Morgan fingerprint density at radius 2 is 2.03 bits per heavy atom. The minimum absolute atomic E-state index is 0.00631. The number of carbonyl (C=O) groups excluding carboxylic acids is 1. The zero-order valence-electron chi connectivity index (χ0n) is 20.0. The number of likely N-dealkylation sites (tertiary alicyclic amines) is 1. The molecule has 0 radical (unpaired) electrons. The van der Waals surface area contributed by atoms with Crippen molar-refractivity contribution in [2.75, 3.05) is 18.8 Å². The van der Waals surface area contributed by atoms with Crippen LogP contribution in [0, 0.1) is 0 Å². The topological polar surface area (TPSA) is 129 Å². The van der Waals surface area contributed by atoms with Crippen LogP contribution in [0.25, 0.3) is 11.3 Å². The van der Waals surface area contributed by atoms with Crippen molar-refractivity contribution in [2.45, 2.75) is 57.7 Å². The third-order valence-electron chi connectivity index (χ3n) is 6.70. The van der Waals surface area contributed by atoms with E-state index in [1.807, 2.05) is 45.0 Å². The van der Waals surface area contributed by atoms with Gasteiger partial charge >= 0.3 is 6.03 Å². The smallest absolute Gasteiger partial charge is 0.317 e. The second-order valence-corrected chi connectivity index (χ2v) is 9.63. The van der Waals surface area contributed by atoms with Crippen molar-refractivity contribution in [3.05, 3.63) is 35.9 Å². The molecule has 2 aliphatic heterocycles. The van der Waals surface area contributed by atoms with Crippen LogP contribution in [-0.4, -0.2) is 59.8 Å². The van der Waals surface area contributed by atoms with Crippen LogP contribution in [0.4, 0.5) is 10.6 Å². The summed E-state index contributed by atoms with van der Waals surface area (Å²) in [6.07, 6.45) is 5.13. The lowest BCUT2D eigenvalue weighted by molar-refractivity contribution is 0.203.